The predicted molar refractivity (Wildman–Crippen MR) is 111 cm³/mol. The summed E-state index contributed by atoms with van der Waals surface area (Å²) >= 11 is 1.24. The Morgan fingerprint density at radius 3 is 2.79 bits per heavy atom. The van der Waals surface area contributed by atoms with Crippen molar-refractivity contribution < 1.29 is 23.4 Å². The van der Waals surface area contributed by atoms with Crippen LogP contribution in [0.1, 0.15) is 20.8 Å². The van der Waals surface area contributed by atoms with Crippen molar-refractivity contribution in [3.63, 3.8) is 0 Å². The SMILES string of the molecule is C#CCOc1cc(CNC(=O)c2sc3cccc(F)c3c2COC)ccc1OC. The van der Waals surface area contributed by atoms with Crippen molar-refractivity contribution in [3.8, 4) is 23.8 Å². The molecule has 0 spiro atoms. The van der Waals surface area contributed by atoms with Gasteiger partial charge < -0.3 is 19.5 Å². The molecule has 0 unspecified atom stereocenters. The van der Waals surface area contributed by atoms with Gasteiger partial charge in [0.15, 0.2) is 11.5 Å². The van der Waals surface area contributed by atoms with Crippen LogP contribution >= 0.6 is 11.3 Å². The normalized spacial score (nSPS) is 10.6. The summed E-state index contributed by atoms with van der Waals surface area (Å²) in [5.74, 6) is 2.80. The second-order valence-corrected chi connectivity index (χ2v) is 7.17. The Hall–Kier alpha value is -3.08. The lowest BCUT2D eigenvalue weighted by Gasteiger charge is -2.11. The van der Waals surface area contributed by atoms with Crippen molar-refractivity contribution in [2.75, 3.05) is 20.8 Å². The van der Waals surface area contributed by atoms with Gasteiger partial charge in [-0.1, -0.05) is 18.1 Å². The minimum Gasteiger partial charge on any atom is -0.493 e. The molecule has 1 heterocycles. The summed E-state index contributed by atoms with van der Waals surface area (Å²) in [6, 6.07) is 10.1. The van der Waals surface area contributed by atoms with Crippen LogP contribution in [-0.2, 0) is 17.9 Å². The molecule has 0 aliphatic rings. The number of thiophene rings is 1. The maximum Gasteiger partial charge on any atom is 0.262 e. The van der Waals surface area contributed by atoms with Crippen LogP contribution in [0.25, 0.3) is 10.1 Å². The molecule has 3 rings (SSSR count). The van der Waals surface area contributed by atoms with Gasteiger partial charge in [0.25, 0.3) is 5.91 Å². The molecule has 7 heteroatoms. The van der Waals surface area contributed by atoms with Gasteiger partial charge in [0.2, 0.25) is 0 Å². The quantitative estimate of drug-likeness (QED) is 0.564. The first-order valence-corrected chi connectivity index (χ1v) is 9.60. The summed E-state index contributed by atoms with van der Waals surface area (Å²) in [5.41, 5.74) is 1.36. The second kappa shape index (κ2) is 9.41. The Labute approximate surface area is 172 Å². The van der Waals surface area contributed by atoms with Crippen LogP contribution in [0.5, 0.6) is 11.5 Å². The van der Waals surface area contributed by atoms with Gasteiger partial charge in [0, 0.05) is 29.3 Å². The molecular formula is C22H20FNO4S. The third kappa shape index (κ3) is 4.50. The first-order valence-electron chi connectivity index (χ1n) is 8.79. The maximum absolute atomic E-state index is 14.3. The summed E-state index contributed by atoms with van der Waals surface area (Å²) in [7, 11) is 3.05. The number of methoxy groups -OCH3 is 2. The number of hydrogen-bond donors (Lipinski definition) is 1. The fourth-order valence-electron chi connectivity index (χ4n) is 2.96. The minimum atomic E-state index is -0.365. The van der Waals surface area contributed by atoms with Gasteiger partial charge >= 0.3 is 0 Å². The Morgan fingerprint density at radius 1 is 1.24 bits per heavy atom. The van der Waals surface area contributed by atoms with Crippen molar-refractivity contribution in [1.82, 2.24) is 5.32 Å². The molecule has 2 aromatic carbocycles. The zero-order valence-electron chi connectivity index (χ0n) is 16.1. The van der Waals surface area contributed by atoms with Crippen molar-refractivity contribution in [3.05, 3.63) is 58.2 Å². The molecule has 3 aromatic rings. The average molecular weight is 413 g/mol. The molecule has 150 valence electrons. The van der Waals surface area contributed by atoms with E-state index in [1.807, 2.05) is 6.07 Å². The highest BCUT2D eigenvalue weighted by molar-refractivity contribution is 7.21. The molecule has 0 saturated carbocycles. The zero-order valence-corrected chi connectivity index (χ0v) is 16.9. The number of nitrogens with one attached hydrogen (secondary N) is 1. The van der Waals surface area contributed by atoms with Crippen LogP contribution in [0.3, 0.4) is 0 Å². The molecule has 0 atom stereocenters. The molecule has 0 aliphatic carbocycles. The van der Waals surface area contributed by atoms with Crippen molar-refractivity contribution in [1.29, 1.82) is 0 Å². The summed E-state index contributed by atoms with van der Waals surface area (Å²) < 4.78 is 30.9. The molecule has 1 N–H and O–H groups in total. The van der Waals surface area contributed by atoms with Gasteiger partial charge in [-0.15, -0.1) is 17.8 Å². The summed E-state index contributed by atoms with van der Waals surface area (Å²) in [5, 5.41) is 3.30. The first-order chi connectivity index (χ1) is 14.1. The highest BCUT2D eigenvalue weighted by Gasteiger charge is 2.20. The molecule has 5 nitrogen and oxygen atoms in total. The third-order valence-corrected chi connectivity index (χ3v) is 5.45. The minimum absolute atomic E-state index is 0.111. The van der Waals surface area contributed by atoms with Crippen molar-refractivity contribution >= 4 is 27.3 Å². The van der Waals surface area contributed by atoms with E-state index in [4.69, 9.17) is 20.6 Å². The Bertz CT molecular complexity index is 1070. The Balaban J connectivity index is 1.82. The molecule has 1 aromatic heterocycles. The molecule has 0 aliphatic heterocycles. The molecule has 0 bridgehead atoms. The van der Waals surface area contributed by atoms with E-state index in [9.17, 15) is 9.18 Å². The highest BCUT2D eigenvalue weighted by Crippen LogP contribution is 2.34. The highest BCUT2D eigenvalue weighted by atomic mass is 32.1. The van der Waals surface area contributed by atoms with E-state index in [1.165, 1.54) is 31.6 Å². The van der Waals surface area contributed by atoms with Gasteiger partial charge in [0.05, 0.1) is 18.6 Å². The molecule has 29 heavy (non-hydrogen) atoms. The molecular weight excluding hydrogens is 393 g/mol. The van der Waals surface area contributed by atoms with Crippen molar-refractivity contribution in [2.24, 2.45) is 0 Å². The fraction of sp³-hybridized carbons (Fsp3) is 0.227. The number of benzene rings is 2. The van der Waals surface area contributed by atoms with Crippen LogP contribution in [0.4, 0.5) is 4.39 Å². The van der Waals surface area contributed by atoms with Crippen LogP contribution in [0, 0.1) is 18.2 Å². The lowest BCUT2D eigenvalue weighted by atomic mass is 10.1. The van der Waals surface area contributed by atoms with E-state index in [2.05, 4.69) is 11.2 Å². The number of halogens is 1. The molecule has 0 saturated heterocycles. The number of terminal acetylenes is 1. The van der Waals surface area contributed by atoms with Gasteiger partial charge in [-0.05, 0) is 29.8 Å². The standard InChI is InChI=1S/C22H20FNO4S/c1-4-10-28-18-11-14(8-9-17(18)27-3)12-24-22(25)21-15(13-26-2)20-16(23)6-5-7-19(20)29-21/h1,5-9,11H,10,12-13H2,2-3H3,(H,24,25). The topological polar surface area (TPSA) is 56.8 Å². The number of ether oxygens (including phenoxy) is 3. The summed E-state index contributed by atoms with van der Waals surface area (Å²) in [4.78, 5) is 13.2. The maximum atomic E-state index is 14.3. The zero-order chi connectivity index (χ0) is 20.8. The van der Waals surface area contributed by atoms with Gasteiger partial charge in [-0.25, -0.2) is 4.39 Å². The molecule has 1 amide bonds. The van der Waals surface area contributed by atoms with E-state index in [0.29, 0.717) is 32.0 Å². The van der Waals surface area contributed by atoms with E-state index in [-0.39, 0.29) is 31.5 Å². The Kier molecular flexibility index (Phi) is 6.70. The van der Waals surface area contributed by atoms with E-state index in [1.54, 1.807) is 24.3 Å². The lowest BCUT2D eigenvalue weighted by molar-refractivity contribution is 0.0950. The average Bonchev–Trinajstić information content (AvgIpc) is 3.10. The molecule has 0 fully saturated rings. The second-order valence-electron chi connectivity index (χ2n) is 6.12. The van der Waals surface area contributed by atoms with E-state index in [0.717, 1.165) is 5.56 Å². The predicted octanol–water partition coefficient (Wildman–Crippen LogP) is 4.14. The fourth-order valence-corrected chi connectivity index (χ4v) is 4.10. The van der Waals surface area contributed by atoms with E-state index >= 15 is 0 Å². The van der Waals surface area contributed by atoms with Gasteiger partial charge in [-0.2, -0.15) is 0 Å². The number of fused-ring (bicyclic) bond motifs is 1. The first kappa shape index (κ1) is 20.6. The number of amides is 1. The third-order valence-electron chi connectivity index (χ3n) is 4.25. The van der Waals surface area contributed by atoms with E-state index < -0.39 is 0 Å². The van der Waals surface area contributed by atoms with Crippen LogP contribution in [-0.4, -0.2) is 26.7 Å². The smallest absolute Gasteiger partial charge is 0.262 e. The number of carbonyl (C=O) groups excluding carboxylic acids is 1. The van der Waals surface area contributed by atoms with Gasteiger partial charge in [-0.3, -0.25) is 4.79 Å². The summed E-state index contributed by atoms with van der Waals surface area (Å²) in [6.45, 7) is 0.522. The number of hydrogen-bond acceptors (Lipinski definition) is 5. The van der Waals surface area contributed by atoms with Gasteiger partial charge in [0.1, 0.15) is 12.4 Å². The summed E-state index contributed by atoms with van der Waals surface area (Å²) in [6.07, 6.45) is 5.24. The van der Waals surface area contributed by atoms with Crippen LogP contribution < -0.4 is 14.8 Å². The number of carbonyl (C=O) groups is 1. The lowest BCUT2D eigenvalue weighted by Crippen LogP contribution is -2.23. The monoisotopic (exact) mass is 413 g/mol. The van der Waals surface area contributed by atoms with Crippen LogP contribution in [0.2, 0.25) is 0 Å². The number of rotatable bonds is 8. The molecule has 0 radical (unpaired) electrons. The van der Waals surface area contributed by atoms with Crippen LogP contribution in [0.15, 0.2) is 36.4 Å². The Morgan fingerprint density at radius 2 is 2.07 bits per heavy atom. The van der Waals surface area contributed by atoms with Crippen molar-refractivity contribution in [2.45, 2.75) is 13.2 Å². The largest absolute Gasteiger partial charge is 0.493 e.